The van der Waals surface area contributed by atoms with Gasteiger partial charge >= 0.3 is 0 Å². The van der Waals surface area contributed by atoms with E-state index in [9.17, 15) is 5.11 Å². The van der Waals surface area contributed by atoms with Crippen molar-refractivity contribution >= 4 is 29.0 Å². The van der Waals surface area contributed by atoms with Crippen LogP contribution in [0, 0.1) is 0 Å². The zero-order valence-corrected chi connectivity index (χ0v) is 16.9. The lowest BCUT2D eigenvalue weighted by molar-refractivity contribution is 0.0575. The maximum Gasteiger partial charge on any atom is 0.127 e. The Bertz CT molecular complexity index is 793. The van der Waals surface area contributed by atoms with Gasteiger partial charge in [-0.05, 0) is 58.7 Å². The van der Waals surface area contributed by atoms with E-state index in [1.807, 2.05) is 18.2 Å². The van der Waals surface area contributed by atoms with Crippen LogP contribution in [0.15, 0.2) is 40.6 Å². The standard InChI is InChI=1S/C21H25ClN2O2S/c22-19-1-2-21-18(10-19)9-17(14-26-21)11-23-5-6-24(20(13-23)3-7-25)12-16-4-8-27-15-16/h1-2,4,8-10,15,20,25H,3,5-7,11-14H2/t20-/m1/s1. The number of halogens is 1. The first-order chi connectivity index (χ1) is 13.2. The molecule has 1 saturated heterocycles. The van der Waals surface area contributed by atoms with Crippen molar-refractivity contribution in [3.05, 3.63) is 56.7 Å². The summed E-state index contributed by atoms with van der Waals surface area (Å²) in [7, 11) is 0. The molecule has 2 aliphatic heterocycles. The van der Waals surface area contributed by atoms with Crippen LogP contribution in [0.4, 0.5) is 0 Å². The normalized spacial score (nSPS) is 20.8. The number of hydrogen-bond acceptors (Lipinski definition) is 5. The molecule has 1 aromatic carbocycles. The van der Waals surface area contributed by atoms with Crippen molar-refractivity contribution in [1.29, 1.82) is 0 Å². The molecule has 1 aromatic heterocycles. The molecule has 2 aromatic rings. The molecule has 27 heavy (non-hydrogen) atoms. The van der Waals surface area contributed by atoms with Crippen LogP contribution in [0.1, 0.15) is 17.5 Å². The predicted octanol–water partition coefficient (Wildman–Crippen LogP) is 3.75. The van der Waals surface area contributed by atoms with Crippen molar-refractivity contribution in [2.45, 2.75) is 19.0 Å². The highest BCUT2D eigenvalue weighted by molar-refractivity contribution is 7.07. The van der Waals surface area contributed by atoms with Gasteiger partial charge in [-0.15, -0.1) is 0 Å². The molecule has 0 bridgehead atoms. The first-order valence-corrected chi connectivity index (χ1v) is 10.7. The van der Waals surface area contributed by atoms with Crippen LogP contribution in [-0.4, -0.2) is 60.3 Å². The van der Waals surface area contributed by atoms with Crippen molar-refractivity contribution in [3.8, 4) is 5.75 Å². The van der Waals surface area contributed by atoms with Crippen LogP contribution in [0.2, 0.25) is 5.02 Å². The van der Waals surface area contributed by atoms with Gasteiger partial charge in [0.15, 0.2) is 0 Å². The van der Waals surface area contributed by atoms with Gasteiger partial charge in [-0.3, -0.25) is 9.80 Å². The number of aliphatic hydroxyl groups is 1. The van der Waals surface area contributed by atoms with Crippen molar-refractivity contribution in [3.63, 3.8) is 0 Å². The second-order valence-corrected chi connectivity index (χ2v) is 8.49. The first kappa shape index (κ1) is 19.0. The molecule has 0 amide bonds. The molecule has 0 saturated carbocycles. The number of ether oxygens (including phenoxy) is 1. The van der Waals surface area contributed by atoms with E-state index >= 15 is 0 Å². The summed E-state index contributed by atoms with van der Waals surface area (Å²) in [6.45, 7) is 5.78. The Labute approximate surface area is 169 Å². The van der Waals surface area contributed by atoms with Crippen molar-refractivity contribution < 1.29 is 9.84 Å². The second-order valence-electron chi connectivity index (χ2n) is 7.28. The lowest BCUT2D eigenvalue weighted by atomic mass is 10.0. The fourth-order valence-electron chi connectivity index (χ4n) is 3.92. The van der Waals surface area contributed by atoms with E-state index in [1.165, 1.54) is 11.1 Å². The third kappa shape index (κ3) is 4.73. The molecule has 144 valence electrons. The van der Waals surface area contributed by atoms with Crippen molar-refractivity contribution in [2.75, 3.05) is 39.4 Å². The van der Waals surface area contributed by atoms with Gasteiger partial charge in [-0.2, -0.15) is 11.3 Å². The summed E-state index contributed by atoms with van der Waals surface area (Å²) in [5.74, 6) is 0.905. The highest BCUT2D eigenvalue weighted by Gasteiger charge is 2.27. The third-order valence-electron chi connectivity index (χ3n) is 5.29. The molecule has 6 heteroatoms. The van der Waals surface area contributed by atoms with Gasteiger partial charge in [-0.25, -0.2) is 0 Å². The van der Waals surface area contributed by atoms with Gasteiger partial charge in [0.05, 0.1) is 0 Å². The molecule has 1 atom stereocenters. The molecule has 0 spiro atoms. The summed E-state index contributed by atoms with van der Waals surface area (Å²) in [5.41, 5.74) is 3.71. The Hall–Kier alpha value is -1.37. The van der Waals surface area contributed by atoms with Crippen LogP contribution in [-0.2, 0) is 6.54 Å². The van der Waals surface area contributed by atoms with E-state index in [1.54, 1.807) is 11.3 Å². The van der Waals surface area contributed by atoms with Gasteiger partial charge in [-0.1, -0.05) is 11.6 Å². The number of benzene rings is 1. The molecule has 4 nitrogen and oxygen atoms in total. The quantitative estimate of drug-likeness (QED) is 0.795. The van der Waals surface area contributed by atoms with Crippen molar-refractivity contribution in [2.24, 2.45) is 0 Å². The van der Waals surface area contributed by atoms with E-state index in [4.69, 9.17) is 16.3 Å². The largest absolute Gasteiger partial charge is 0.489 e. The number of aliphatic hydroxyl groups excluding tert-OH is 1. The highest BCUT2D eigenvalue weighted by atomic mass is 35.5. The third-order valence-corrected chi connectivity index (χ3v) is 6.26. The number of hydrogen-bond donors (Lipinski definition) is 1. The predicted molar refractivity (Wildman–Crippen MR) is 112 cm³/mol. The summed E-state index contributed by atoms with van der Waals surface area (Å²) >= 11 is 7.87. The Morgan fingerprint density at radius 3 is 2.96 bits per heavy atom. The van der Waals surface area contributed by atoms with Crippen LogP contribution in [0.25, 0.3) is 6.08 Å². The molecule has 2 aliphatic rings. The van der Waals surface area contributed by atoms with E-state index in [0.29, 0.717) is 12.6 Å². The lowest BCUT2D eigenvalue weighted by Gasteiger charge is -2.41. The second kappa shape index (κ2) is 8.76. The molecular weight excluding hydrogens is 380 g/mol. The molecule has 3 heterocycles. The van der Waals surface area contributed by atoms with E-state index < -0.39 is 0 Å². The Morgan fingerprint density at radius 1 is 1.22 bits per heavy atom. The number of nitrogens with zero attached hydrogens (tertiary/aromatic N) is 2. The van der Waals surface area contributed by atoms with Gasteiger partial charge in [0.2, 0.25) is 0 Å². The van der Waals surface area contributed by atoms with Gasteiger partial charge in [0.25, 0.3) is 0 Å². The Morgan fingerprint density at radius 2 is 2.15 bits per heavy atom. The van der Waals surface area contributed by atoms with Gasteiger partial charge in [0, 0.05) is 56.0 Å². The summed E-state index contributed by atoms with van der Waals surface area (Å²) in [4.78, 5) is 4.99. The lowest BCUT2D eigenvalue weighted by Crippen LogP contribution is -2.53. The number of rotatable bonds is 6. The Kier molecular flexibility index (Phi) is 6.15. The minimum atomic E-state index is 0.232. The minimum Gasteiger partial charge on any atom is -0.489 e. The summed E-state index contributed by atoms with van der Waals surface area (Å²) < 4.78 is 5.90. The summed E-state index contributed by atoms with van der Waals surface area (Å²) in [5, 5.41) is 14.6. The Balaban J connectivity index is 1.40. The van der Waals surface area contributed by atoms with E-state index in [0.717, 1.165) is 55.5 Å². The fraction of sp³-hybridized carbons (Fsp3) is 0.429. The number of thiophene rings is 1. The first-order valence-electron chi connectivity index (χ1n) is 9.41. The molecule has 0 unspecified atom stereocenters. The van der Waals surface area contributed by atoms with Crippen LogP contribution in [0.5, 0.6) is 5.75 Å². The highest BCUT2D eigenvalue weighted by Crippen LogP contribution is 2.29. The molecule has 4 rings (SSSR count). The summed E-state index contributed by atoms with van der Waals surface area (Å²) in [6, 6.07) is 8.34. The average molecular weight is 405 g/mol. The maximum absolute atomic E-state index is 9.52. The zero-order valence-electron chi connectivity index (χ0n) is 15.3. The van der Waals surface area contributed by atoms with E-state index in [2.05, 4.69) is 32.7 Å². The molecule has 1 fully saturated rings. The van der Waals surface area contributed by atoms with Crippen molar-refractivity contribution in [1.82, 2.24) is 9.80 Å². The average Bonchev–Trinajstić information content (AvgIpc) is 3.17. The van der Waals surface area contributed by atoms with Gasteiger partial charge < -0.3 is 9.84 Å². The molecule has 1 N–H and O–H groups in total. The number of fused-ring (bicyclic) bond motifs is 1. The minimum absolute atomic E-state index is 0.232. The number of piperazine rings is 1. The molecule has 0 radical (unpaired) electrons. The monoisotopic (exact) mass is 404 g/mol. The molecule has 0 aliphatic carbocycles. The topological polar surface area (TPSA) is 35.9 Å². The van der Waals surface area contributed by atoms with E-state index in [-0.39, 0.29) is 6.61 Å². The fourth-order valence-corrected chi connectivity index (χ4v) is 4.76. The molecular formula is C21H25ClN2O2S. The smallest absolute Gasteiger partial charge is 0.127 e. The van der Waals surface area contributed by atoms with Crippen LogP contribution in [0.3, 0.4) is 0 Å². The van der Waals surface area contributed by atoms with Crippen LogP contribution < -0.4 is 4.74 Å². The SMILES string of the molecule is OCC[C@@H]1CN(CC2=Cc3cc(Cl)ccc3OC2)CCN1Cc1ccsc1. The zero-order chi connectivity index (χ0) is 18.6. The summed E-state index contributed by atoms with van der Waals surface area (Å²) in [6.07, 6.45) is 3.03. The van der Waals surface area contributed by atoms with Crippen LogP contribution >= 0.6 is 22.9 Å². The maximum atomic E-state index is 9.52. The van der Waals surface area contributed by atoms with Gasteiger partial charge in [0.1, 0.15) is 12.4 Å².